The first-order chi connectivity index (χ1) is 13.2. The van der Waals surface area contributed by atoms with Crippen molar-refractivity contribution in [1.29, 1.82) is 0 Å². The summed E-state index contributed by atoms with van der Waals surface area (Å²) in [6, 6.07) is 8.55. The fraction of sp³-hybridized carbons (Fsp3) is 0.619. The highest BCUT2D eigenvalue weighted by Crippen LogP contribution is 2.38. The second-order valence-corrected chi connectivity index (χ2v) is 8.11. The average Bonchev–Trinajstić information content (AvgIpc) is 3.41. The normalized spacial score (nSPS) is 25.8. The summed E-state index contributed by atoms with van der Waals surface area (Å²) in [7, 11) is 1.86. The number of aliphatic imine (C=N–C) groups is 1. The van der Waals surface area contributed by atoms with Crippen LogP contribution >= 0.6 is 0 Å². The molecule has 3 fully saturated rings. The smallest absolute Gasteiger partial charge is 0.222 e. The highest BCUT2D eigenvalue weighted by molar-refractivity contribution is 5.80. The molecule has 1 aromatic rings. The Morgan fingerprint density at radius 3 is 2.70 bits per heavy atom. The zero-order valence-corrected chi connectivity index (χ0v) is 16.2. The van der Waals surface area contributed by atoms with Crippen LogP contribution in [0.2, 0.25) is 0 Å². The van der Waals surface area contributed by atoms with Gasteiger partial charge in [0.1, 0.15) is 0 Å². The molecule has 1 spiro atoms. The Bertz CT molecular complexity index is 695. The molecule has 1 atom stereocenters. The van der Waals surface area contributed by atoms with Crippen LogP contribution in [0.3, 0.4) is 0 Å². The molecule has 0 saturated carbocycles. The maximum absolute atomic E-state index is 11.8. The number of rotatable bonds is 4. The number of nitrogens with one attached hydrogen (secondary N) is 1. The number of nitrogens with zero attached hydrogens (tertiary/aromatic N) is 3. The number of guanidine groups is 1. The second kappa shape index (κ2) is 7.89. The average molecular weight is 370 g/mol. The minimum absolute atomic E-state index is 0.278. The van der Waals surface area contributed by atoms with Crippen molar-refractivity contribution in [3.05, 3.63) is 35.4 Å². The summed E-state index contributed by atoms with van der Waals surface area (Å²) in [5, 5.41) is 3.50. The van der Waals surface area contributed by atoms with Gasteiger partial charge in [-0.25, -0.2) is 0 Å². The van der Waals surface area contributed by atoms with Gasteiger partial charge in [-0.1, -0.05) is 24.3 Å². The molecule has 1 aromatic carbocycles. The van der Waals surface area contributed by atoms with Gasteiger partial charge in [-0.3, -0.25) is 9.79 Å². The Morgan fingerprint density at radius 1 is 1.22 bits per heavy atom. The topological polar surface area (TPSA) is 57.2 Å². The Balaban J connectivity index is 1.29. The highest BCUT2D eigenvalue weighted by atomic mass is 16.5. The van der Waals surface area contributed by atoms with E-state index in [9.17, 15) is 4.79 Å². The molecule has 1 amide bonds. The molecule has 1 N–H and O–H groups in total. The van der Waals surface area contributed by atoms with Gasteiger partial charge in [0.05, 0.1) is 6.61 Å². The Hall–Kier alpha value is -2.08. The van der Waals surface area contributed by atoms with Crippen LogP contribution in [0, 0.1) is 5.41 Å². The zero-order valence-electron chi connectivity index (χ0n) is 16.2. The molecular weight excluding hydrogens is 340 g/mol. The first-order valence-electron chi connectivity index (χ1n) is 10.1. The molecule has 6 nitrogen and oxygen atoms in total. The van der Waals surface area contributed by atoms with E-state index in [2.05, 4.69) is 39.5 Å². The number of ether oxygens (including phenoxy) is 1. The molecule has 27 heavy (non-hydrogen) atoms. The first-order valence-corrected chi connectivity index (χ1v) is 10.1. The Labute approximate surface area is 161 Å². The largest absolute Gasteiger partial charge is 0.381 e. The van der Waals surface area contributed by atoms with Crippen LogP contribution in [0.25, 0.3) is 0 Å². The number of hydrogen-bond donors (Lipinski definition) is 1. The lowest BCUT2D eigenvalue weighted by Gasteiger charge is -2.25. The summed E-state index contributed by atoms with van der Waals surface area (Å²) in [6.07, 6.45) is 4.05. The van der Waals surface area contributed by atoms with Crippen LogP contribution in [0.15, 0.2) is 29.3 Å². The van der Waals surface area contributed by atoms with Crippen LogP contribution in [-0.2, 0) is 22.6 Å². The van der Waals surface area contributed by atoms with E-state index in [1.807, 2.05) is 11.9 Å². The summed E-state index contributed by atoms with van der Waals surface area (Å²) in [5.74, 6) is 1.26. The van der Waals surface area contributed by atoms with Gasteiger partial charge in [-0.15, -0.1) is 0 Å². The van der Waals surface area contributed by atoms with Gasteiger partial charge in [0.2, 0.25) is 5.91 Å². The van der Waals surface area contributed by atoms with Gasteiger partial charge in [-0.05, 0) is 30.4 Å². The minimum Gasteiger partial charge on any atom is -0.381 e. The summed E-state index contributed by atoms with van der Waals surface area (Å²) >= 11 is 0. The Kier molecular flexibility index (Phi) is 5.34. The van der Waals surface area contributed by atoms with Crippen molar-refractivity contribution in [2.24, 2.45) is 10.4 Å². The van der Waals surface area contributed by atoms with E-state index >= 15 is 0 Å². The summed E-state index contributed by atoms with van der Waals surface area (Å²) < 4.78 is 5.63. The Morgan fingerprint density at radius 2 is 2.04 bits per heavy atom. The molecule has 0 aliphatic carbocycles. The summed E-state index contributed by atoms with van der Waals surface area (Å²) in [6.45, 7) is 6.25. The van der Waals surface area contributed by atoms with E-state index in [0.717, 1.165) is 58.3 Å². The standard InChI is InChI=1S/C21H30N4O2/c1-22-20(25-11-8-21(15-25)9-12-27-16-21)23-13-17-4-6-18(7-5-17)14-24-10-2-3-19(24)26/h4-7H,2-3,8-16H2,1H3,(H,22,23). The van der Waals surface area contributed by atoms with Gasteiger partial charge in [-0.2, -0.15) is 0 Å². The SMILES string of the molecule is CN=C(NCc1ccc(CN2CCCC2=O)cc1)N1CCC2(CCOC2)C1. The predicted molar refractivity (Wildman–Crippen MR) is 105 cm³/mol. The van der Waals surface area contributed by atoms with Crippen molar-refractivity contribution in [2.75, 3.05) is 39.9 Å². The molecule has 146 valence electrons. The van der Waals surface area contributed by atoms with Gasteiger partial charge in [0.15, 0.2) is 5.96 Å². The van der Waals surface area contributed by atoms with E-state index in [1.165, 1.54) is 24.0 Å². The fourth-order valence-corrected chi connectivity index (χ4v) is 4.45. The molecule has 0 radical (unpaired) electrons. The summed E-state index contributed by atoms with van der Waals surface area (Å²) in [4.78, 5) is 20.6. The van der Waals surface area contributed by atoms with Crippen LogP contribution in [-0.4, -0.2) is 61.6 Å². The van der Waals surface area contributed by atoms with Crippen LogP contribution < -0.4 is 5.32 Å². The number of likely N-dealkylation sites (tertiary alicyclic amines) is 2. The van der Waals surface area contributed by atoms with Crippen LogP contribution in [0.4, 0.5) is 0 Å². The quantitative estimate of drug-likeness (QED) is 0.651. The molecule has 3 saturated heterocycles. The lowest BCUT2D eigenvalue weighted by molar-refractivity contribution is -0.128. The molecule has 0 aromatic heterocycles. The minimum atomic E-state index is 0.278. The molecule has 6 heteroatoms. The third kappa shape index (κ3) is 4.10. The number of carbonyl (C=O) groups is 1. The zero-order chi connectivity index (χ0) is 18.7. The third-order valence-electron chi connectivity index (χ3n) is 6.15. The monoisotopic (exact) mass is 370 g/mol. The predicted octanol–water partition coefficient (Wildman–Crippen LogP) is 2.00. The third-order valence-corrected chi connectivity index (χ3v) is 6.15. The maximum Gasteiger partial charge on any atom is 0.222 e. The van der Waals surface area contributed by atoms with Crippen LogP contribution in [0.5, 0.6) is 0 Å². The molecule has 3 aliphatic heterocycles. The number of amides is 1. The van der Waals surface area contributed by atoms with Crippen LogP contribution in [0.1, 0.15) is 36.8 Å². The van der Waals surface area contributed by atoms with Crippen molar-refractivity contribution in [2.45, 2.75) is 38.8 Å². The van der Waals surface area contributed by atoms with E-state index in [-0.39, 0.29) is 5.91 Å². The van der Waals surface area contributed by atoms with Crippen molar-refractivity contribution < 1.29 is 9.53 Å². The van der Waals surface area contributed by atoms with E-state index < -0.39 is 0 Å². The van der Waals surface area contributed by atoms with Gasteiger partial charge < -0.3 is 19.9 Å². The molecule has 4 rings (SSSR count). The molecule has 0 bridgehead atoms. The number of hydrogen-bond acceptors (Lipinski definition) is 3. The van der Waals surface area contributed by atoms with Crippen molar-refractivity contribution in [3.63, 3.8) is 0 Å². The van der Waals surface area contributed by atoms with E-state index in [0.29, 0.717) is 11.8 Å². The summed E-state index contributed by atoms with van der Waals surface area (Å²) in [5.41, 5.74) is 2.76. The van der Waals surface area contributed by atoms with Crippen molar-refractivity contribution >= 4 is 11.9 Å². The molecule has 3 aliphatic rings. The van der Waals surface area contributed by atoms with Crippen molar-refractivity contribution in [1.82, 2.24) is 15.1 Å². The lowest BCUT2D eigenvalue weighted by atomic mass is 9.87. The first kappa shape index (κ1) is 18.3. The highest BCUT2D eigenvalue weighted by Gasteiger charge is 2.42. The lowest BCUT2D eigenvalue weighted by Crippen LogP contribution is -2.41. The van der Waals surface area contributed by atoms with E-state index in [1.54, 1.807) is 0 Å². The fourth-order valence-electron chi connectivity index (χ4n) is 4.45. The van der Waals surface area contributed by atoms with Crippen molar-refractivity contribution in [3.8, 4) is 0 Å². The molecule has 3 heterocycles. The van der Waals surface area contributed by atoms with Gasteiger partial charge in [0, 0.05) is 58.2 Å². The van der Waals surface area contributed by atoms with Gasteiger partial charge >= 0.3 is 0 Å². The maximum atomic E-state index is 11.8. The second-order valence-electron chi connectivity index (χ2n) is 8.11. The molecule has 1 unspecified atom stereocenters. The van der Waals surface area contributed by atoms with E-state index in [4.69, 9.17) is 4.74 Å². The number of benzene rings is 1. The van der Waals surface area contributed by atoms with Gasteiger partial charge in [0.25, 0.3) is 0 Å². The number of carbonyl (C=O) groups excluding carboxylic acids is 1. The molecular formula is C21H30N4O2.